The van der Waals surface area contributed by atoms with Crippen LogP contribution in [0.5, 0.6) is 46.0 Å². The third kappa shape index (κ3) is 11.8. The number of hydrogen-bond acceptors (Lipinski definition) is 12. The molecule has 58 heavy (non-hydrogen) atoms. The first-order chi connectivity index (χ1) is 28.2. The van der Waals surface area contributed by atoms with E-state index in [4.69, 9.17) is 37.5 Å². The van der Waals surface area contributed by atoms with Crippen molar-refractivity contribution in [2.75, 3.05) is 41.7 Å². The van der Waals surface area contributed by atoms with Gasteiger partial charge in [-0.1, -0.05) is 58.9 Å². The second-order valence-electron chi connectivity index (χ2n) is 12.2. The molecule has 0 bridgehead atoms. The third-order valence-electron chi connectivity index (χ3n) is 8.25. The number of methoxy groups -OCH3 is 4. The minimum atomic E-state index is 0.0997. The van der Waals surface area contributed by atoms with Gasteiger partial charge in [-0.2, -0.15) is 0 Å². The Hall–Kier alpha value is -7.34. The van der Waals surface area contributed by atoms with Crippen LogP contribution in [-0.2, 0) is 0 Å². The van der Waals surface area contributed by atoms with E-state index in [1.54, 1.807) is 56.7 Å². The fourth-order valence-corrected chi connectivity index (χ4v) is 5.36. The lowest BCUT2D eigenvalue weighted by atomic mass is 10.1. The van der Waals surface area contributed by atoms with Crippen LogP contribution < -0.4 is 28.4 Å². The molecule has 300 valence electrons. The predicted octanol–water partition coefficient (Wildman–Crippen LogP) is 10.3. The molecule has 0 amide bonds. The first-order valence-electron chi connectivity index (χ1n) is 18.3. The number of phenols is 2. The lowest BCUT2D eigenvalue weighted by Crippen LogP contribution is -1.95. The molecule has 2 N–H and O–H groups in total. The summed E-state index contributed by atoms with van der Waals surface area (Å²) in [6, 6.07) is 25.3. The molecule has 0 radical (unpaired) electrons. The van der Waals surface area contributed by atoms with Gasteiger partial charge in [0.05, 0.1) is 41.7 Å². The van der Waals surface area contributed by atoms with Gasteiger partial charge in [0.2, 0.25) is 0 Å². The van der Waals surface area contributed by atoms with E-state index in [2.05, 4.69) is 10.3 Å². The molecule has 2 heterocycles. The van der Waals surface area contributed by atoms with Gasteiger partial charge in [-0.3, -0.25) is 0 Å². The van der Waals surface area contributed by atoms with Gasteiger partial charge in [0.15, 0.2) is 57.5 Å². The van der Waals surface area contributed by atoms with Crippen molar-refractivity contribution in [3.8, 4) is 46.0 Å². The summed E-state index contributed by atoms with van der Waals surface area (Å²) in [5.74, 6) is 5.06. The van der Waals surface area contributed by atoms with Crippen LogP contribution in [0.2, 0.25) is 0 Å². The van der Waals surface area contributed by atoms with Crippen molar-refractivity contribution < 1.29 is 47.7 Å². The van der Waals surface area contributed by atoms with Crippen molar-refractivity contribution in [3.05, 3.63) is 130 Å². The standard InChI is InChI=1S/2C23H23NO5/c1-4-28-21-12-8-16(14-23(21)27-3)5-9-18-15-19(29-24-18)10-6-17-7-11-20(25)22(13-17)26-2;1-4-28-21-12-8-17(14-23(21)27-3)6-10-19-15-18(24-29-19)9-5-16-7-11-20(25)22(13-16)26-2/h2*5-15,25H,4H2,1-3H3/b2*9-5+,10-6+. The van der Waals surface area contributed by atoms with Crippen molar-refractivity contribution in [1.82, 2.24) is 10.3 Å². The summed E-state index contributed by atoms with van der Waals surface area (Å²) in [5, 5.41) is 27.4. The maximum Gasteiger partial charge on any atom is 0.161 e. The largest absolute Gasteiger partial charge is 0.504 e. The first kappa shape index (κ1) is 41.8. The normalized spacial score (nSPS) is 11.3. The number of nitrogens with zero attached hydrogens (tertiary/aromatic N) is 2. The van der Waals surface area contributed by atoms with Crippen LogP contribution in [-0.4, -0.2) is 62.2 Å². The van der Waals surface area contributed by atoms with E-state index >= 15 is 0 Å². The molecular formula is C46H46N2O10. The predicted molar refractivity (Wildman–Crippen MR) is 226 cm³/mol. The quantitative estimate of drug-likeness (QED) is 0.0962. The highest BCUT2D eigenvalue weighted by atomic mass is 16.5. The highest BCUT2D eigenvalue weighted by Gasteiger charge is 2.07. The van der Waals surface area contributed by atoms with E-state index in [0.29, 0.717) is 70.6 Å². The van der Waals surface area contributed by atoms with Gasteiger partial charge < -0.3 is 47.7 Å². The third-order valence-corrected chi connectivity index (χ3v) is 8.25. The van der Waals surface area contributed by atoms with E-state index in [1.165, 1.54) is 14.2 Å². The van der Waals surface area contributed by atoms with Crippen molar-refractivity contribution >= 4 is 48.6 Å². The Morgan fingerprint density at radius 3 is 1.14 bits per heavy atom. The van der Waals surface area contributed by atoms with Crippen molar-refractivity contribution in [3.63, 3.8) is 0 Å². The molecule has 6 aromatic rings. The topological polar surface area (TPSA) is 148 Å². The van der Waals surface area contributed by atoms with Gasteiger partial charge in [-0.25, -0.2) is 0 Å². The number of aromatic hydroxyl groups is 2. The molecule has 4 aromatic carbocycles. The number of phenolic OH excluding ortho intramolecular Hbond substituents is 2. The molecule has 0 saturated carbocycles. The van der Waals surface area contributed by atoms with E-state index in [-0.39, 0.29) is 11.5 Å². The number of hydrogen-bond donors (Lipinski definition) is 2. The van der Waals surface area contributed by atoms with Gasteiger partial charge in [-0.05, 0) is 109 Å². The van der Waals surface area contributed by atoms with Gasteiger partial charge >= 0.3 is 0 Å². The maximum atomic E-state index is 9.65. The van der Waals surface area contributed by atoms with Crippen LogP contribution in [0.4, 0.5) is 0 Å². The van der Waals surface area contributed by atoms with Crippen LogP contribution in [0, 0.1) is 0 Å². The van der Waals surface area contributed by atoms with Crippen molar-refractivity contribution in [2.45, 2.75) is 13.8 Å². The molecule has 0 aliphatic carbocycles. The van der Waals surface area contributed by atoms with Crippen molar-refractivity contribution in [1.29, 1.82) is 0 Å². The summed E-state index contributed by atoms with van der Waals surface area (Å²) >= 11 is 0. The smallest absolute Gasteiger partial charge is 0.161 e. The summed E-state index contributed by atoms with van der Waals surface area (Å²) in [5.41, 5.74) is 5.04. The molecule has 0 unspecified atom stereocenters. The summed E-state index contributed by atoms with van der Waals surface area (Å²) in [6.07, 6.45) is 14.9. The molecule has 12 heteroatoms. The summed E-state index contributed by atoms with van der Waals surface area (Å²) in [7, 11) is 6.26. The molecule has 0 aliphatic rings. The van der Waals surface area contributed by atoms with Crippen LogP contribution in [0.3, 0.4) is 0 Å². The lowest BCUT2D eigenvalue weighted by molar-refractivity contribution is 0.311. The summed E-state index contributed by atoms with van der Waals surface area (Å²) in [4.78, 5) is 0. The van der Waals surface area contributed by atoms with Crippen LogP contribution in [0.15, 0.2) is 94.0 Å². The zero-order chi connectivity index (χ0) is 41.3. The molecule has 0 fully saturated rings. The first-order valence-corrected chi connectivity index (χ1v) is 18.3. The van der Waals surface area contributed by atoms with E-state index < -0.39 is 0 Å². The molecule has 0 aliphatic heterocycles. The Labute approximate surface area is 337 Å². The molecule has 0 saturated heterocycles. The number of rotatable bonds is 16. The SMILES string of the molecule is CCOc1ccc(/C=C/c2cc(/C=C/c3ccc(O)c(OC)c3)no2)cc1OC.CCOc1ccc(/C=C/c2cc(/C=C/c3ccc(O)c(OC)c3)on2)cc1OC. The highest BCUT2D eigenvalue weighted by molar-refractivity contribution is 5.74. The average molecular weight is 787 g/mol. The number of benzene rings is 4. The fourth-order valence-electron chi connectivity index (χ4n) is 5.36. The van der Waals surface area contributed by atoms with Crippen LogP contribution >= 0.6 is 0 Å². The zero-order valence-electron chi connectivity index (χ0n) is 33.2. The fraction of sp³-hybridized carbons (Fsp3) is 0.174. The van der Waals surface area contributed by atoms with Gasteiger partial charge in [-0.15, -0.1) is 0 Å². The molecule has 0 atom stereocenters. The van der Waals surface area contributed by atoms with Crippen LogP contribution in [0.1, 0.15) is 59.0 Å². The Kier molecular flexibility index (Phi) is 15.2. The number of ether oxygens (including phenoxy) is 6. The Morgan fingerprint density at radius 2 is 0.776 bits per heavy atom. The summed E-state index contributed by atoms with van der Waals surface area (Å²) in [6.45, 7) is 5.03. The van der Waals surface area contributed by atoms with E-state index in [1.807, 2.05) is 105 Å². The van der Waals surface area contributed by atoms with Gasteiger partial charge in [0, 0.05) is 12.1 Å². The van der Waals surface area contributed by atoms with E-state index in [9.17, 15) is 10.2 Å². The lowest BCUT2D eigenvalue weighted by Gasteiger charge is -2.09. The van der Waals surface area contributed by atoms with E-state index in [0.717, 1.165) is 22.3 Å². The minimum absolute atomic E-state index is 0.0997. The monoisotopic (exact) mass is 786 g/mol. The molecule has 0 spiro atoms. The average Bonchev–Trinajstić information content (AvgIpc) is 3.92. The Balaban J connectivity index is 0.000000221. The number of aromatic nitrogens is 2. The van der Waals surface area contributed by atoms with Crippen LogP contribution in [0.25, 0.3) is 48.6 Å². The highest BCUT2D eigenvalue weighted by Crippen LogP contribution is 2.31. The summed E-state index contributed by atoms with van der Waals surface area (Å²) < 4.78 is 42.7. The second kappa shape index (κ2) is 21.1. The molecule has 6 rings (SSSR count). The zero-order valence-corrected chi connectivity index (χ0v) is 33.2. The molecule has 2 aromatic heterocycles. The molecule has 12 nitrogen and oxygen atoms in total. The maximum absolute atomic E-state index is 9.65. The van der Waals surface area contributed by atoms with Gasteiger partial charge in [0.1, 0.15) is 11.4 Å². The second-order valence-corrected chi connectivity index (χ2v) is 12.2. The van der Waals surface area contributed by atoms with Gasteiger partial charge in [0.25, 0.3) is 0 Å². The molecular weight excluding hydrogens is 741 g/mol. The Bertz CT molecular complexity index is 2200. The Morgan fingerprint density at radius 1 is 0.431 bits per heavy atom. The minimum Gasteiger partial charge on any atom is -0.504 e. The van der Waals surface area contributed by atoms with Crippen molar-refractivity contribution in [2.24, 2.45) is 0 Å².